The monoisotopic (exact) mass is 621 g/mol. The third-order valence-corrected chi connectivity index (χ3v) is 8.89. The summed E-state index contributed by atoms with van der Waals surface area (Å²) in [5.41, 5.74) is 0.592. The summed E-state index contributed by atoms with van der Waals surface area (Å²) in [6.45, 7) is 3.14. The van der Waals surface area contributed by atoms with Crippen molar-refractivity contribution in [2.45, 2.75) is 37.8 Å². The van der Waals surface area contributed by atoms with Crippen LogP contribution in [0.5, 0.6) is 11.5 Å². The van der Waals surface area contributed by atoms with E-state index >= 15 is 0 Å². The third-order valence-electron chi connectivity index (χ3n) is 6.41. The van der Waals surface area contributed by atoms with Gasteiger partial charge in [0.15, 0.2) is 0 Å². The Labute approximate surface area is 251 Å². The van der Waals surface area contributed by atoms with Gasteiger partial charge in [0.25, 0.3) is 10.0 Å². The van der Waals surface area contributed by atoms with Gasteiger partial charge in [0.05, 0.1) is 24.8 Å². The van der Waals surface area contributed by atoms with Gasteiger partial charge in [-0.05, 0) is 61.9 Å². The van der Waals surface area contributed by atoms with Crippen molar-refractivity contribution in [3.8, 4) is 11.5 Å². The van der Waals surface area contributed by atoms with Gasteiger partial charge in [-0.3, -0.25) is 13.9 Å². The molecule has 0 spiro atoms. The molecule has 0 aliphatic heterocycles. The second-order valence-corrected chi connectivity index (χ2v) is 11.6. The number of likely N-dealkylation sites (N-methyl/N-ethyl adjacent to an activating group) is 1. The smallest absolute Gasteiger partial charge is 0.264 e. The van der Waals surface area contributed by atoms with Crippen LogP contribution in [0.3, 0.4) is 0 Å². The van der Waals surface area contributed by atoms with E-state index in [-0.39, 0.29) is 35.2 Å². The molecule has 0 aliphatic rings. The van der Waals surface area contributed by atoms with E-state index < -0.39 is 28.5 Å². The maximum atomic E-state index is 14.1. The van der Waals surface area contributed by atoms with Crippen LogP contribution >= 0.6 is 23.2 Å². The molecule has 3 aromatic rings. The van der Waals surface area contributed by atoms with Gasteiger partial charge in [-0.1, -0.05) is 48.3 Å². The van der Waals surface area contributed by atoms with Gasteiger partial charge in [0.2, 0.25) is 11.8 Å². The van der Waals surface area contributed by atoms with Crippen molar-refractivity contribution in [1.82, 2.24) is 10.2 Å². The molecule has 0 unspecified atom stereocenters. The fourth-order valence-electron chi connectivity index (χ4n) is 4.29. The average Bonchev–Trinajstić information content (AvgIpc) is 2.97. The molecule has 0 radical (unpaired) electrons. The molecule has 0 saturated carbocycles. The Balaban J connectivity index is 2.14. The molecule has 220 valence electrons. The number of carbonyl (C=O) groups is 2. The molecule has 0 fully saturated rings. The Morgan fingerprint density at radius 2 is 1.54 bits per heavy atom. The highest BCUT2D eigenvalue weighted by molar-refractivity contribution is 7.92. The van der Waals surface area contributed by atoms with Crippen molar-refractivity contribution in [1.29, 1.82) is 0 Å². The molecule has 0 heterocycles. The van der Waals surface area contributed by atoms with Gasteiger partial charge in [-0.15, -0.1) is 0 Å². The minimum Gasteiger partial charge on any atom is -0.497 e. The van der Waals surface area contributed by atoms with Crippen molar-refractivity contribution >= 4 is 50.7 Å². The number of benzene rings is 3. The lowest BCUT2D eigenvalue weighted by atomic mass is 10.1. The Bertz CT molecular complexity index is 1450. The first-order valence-electron chi connectivity index (χ1n) is 12.9. The molecule has 41 heavy (non-hydrogen) atoms. The van der Waals surface area contributed by atoms with Crippen LogP contribution in [0.4, 0.5) is 5.69 Å². The van der Waals surface area contributed by atoms with E-state index in [4.69, 9.17) is 32.7 Å². The van der Waals surface area contributed by atoms with E-state index in [2.05, 4.69) is 5.32 Å². The highest BCUT2D eigenvalue weighted by Gasteiger charge is 2.35. The summed E-state index contributed by atoms with van der Waals surface area (Å²) in [6, 6.07) is 16.3. The van der Waals surface area contributed by atoms with Gasteiger partial charge in [-0.25, -0.2) is 8.42 Å². The Hall–Kier alpha value is -3.47. The third kappa shape index (κ3) is 7.44. The quantitative estimate of drug-likeness (QED) is 0.283. The number of hydrogen-bond donors (Lipinski definition) is 1. The van der Waals surface area contributed by atoms with Crippen LogP contribution in [0.2, 0.25) is 10.0 Å². The van der Waals surface area contributed by atoms with Gasteiger partial charge in [0, 0.05) is 28.7 Å². The number of ether oxygens (including phenoxy) is 2. The summed E-state index contributed by atoms with van der Waals surface area (Å²) in [7, 11) is -1.41. The van der Waals surface area contributed by atoms with E-state index in [0.29, 0.717) is 27.9 Å². The Morgan fingerprint density at radius 1 is 0.902 bits per heavy atom. The van der Waals surface area contributed by atoms with Crippen LogP contribution < -0.4 is 19.1 Å². The standard InChI is InChI=1S/C29H33Cl2N3O6S/c1-5-25(29(36)32-6-2)33(18-22-23(30)10-9-11-24(22)31)28(35)19-34(26-12-7-8-13-27(26)40-4)41(37,38)21-16-14-20(39-3)15-17-21/h7-17,25H,5-6,18-19H2,1-4H3,(H,32,36)/t25-/m1/s1. The molecule has 3 aromatic carbocycles. The number of nitrogens with zero attached hydrogens (tertiary/aromatic N) is 2. The average molecular weight is 623 g/mol. The molecule has 12 heteroatoms. The summed E-state index contributed by atoms with van der Waals surface area (Å²) in [6.07, 6.45) is 0.263. The summed E-state index contributed by atoms with van der Waals surface area (Å²) < 4.78 is 39.7. The van der Waals surface area contributed by atoms with E-state index in [0.717, 1.165) is 4.31 Å². The van der Waals surface area contributed by atoms with E-state index in [1.165, 1.54) is 43.4 Å². The number of carbonyl (C=O) groups excluding carboxylic acids is 2. The van der Waals surface area contributed by atoms with Crippen LogP contribution in [0.15, 0.2) is 71.6 Å². The molecule has 2 amide bonds. The zero-order valence-electron chi connectivity index (χ0n) is 23.3. The van der Waals surface area contributed by atoms with Crippen LogP contribution in [-0.4, -0.2) is 58.5 Å². The lowest BCUT2D eigenvalue weighted by Crippen LogP contribution is -2.52. The zero-order chi connectivity index (χ0) is 30.2. The number of anilines is 1. The fourth-order valence-corrected chi connectivity index (χ4v) is 6.23. The molecule has 3 rings (SSSR count). The second kappa shape index (κ2) is 14.4. The van der Waals surface area contributed by atoms with E-state index in [1.807, 2.05) is 0 Å². The molecule has 1 N–H and O–H groups in total. The molecule has 0 bridgehead atoms. The van der Waals surface area contributed by atoms with Gasteiger partial charge in [0.1, 0.15) is 24.1 Å². The molecular weight excluding hydrogens is 589 g/mol. The van der Waals surface area contributed by atoms with Crippen molar-refractivity contribution in [2.75, 3.05) is 31.6 Å². The summed E-state index contributed by atoms with van der Waals surface area (Å²) in [5, 5.41) is 3.38. The molecule has 0 aromatic heterocycles. The largest absolute Gasteiger partial charge is 0.497 e. The van der Waals surface area contributed by atoms with Crippen molar-refractivity contribution < 1.29 is 27.5 Å². The summed E-state index contributed by atoms with van der Waals surface area (Å²) in [4.78, 5) is 28.5. The minimum atomic E-state index is -4.29. The summed E-state index contributed by atoms with van der Waals surface area (Å²) in [5.74, 6) is -0.302. The number of nitrogens with one attached hydrogen (secondary N) is 1. The van der Waals surface area contributed by atoms with Gasteiger partial charge >= 0.3 is 0 Å². The molecule has 1 atom stereocenters. The predicted molar refractivity (Wildman–Crippen MR) is 160 cm³/mol. The fraction of sp³-hybridized carbons (Fsp3) is 0.310. The van der Waals surface area contributed by atoms with Crippen LogP contribution in [0, 0.1) is 0 Å². The summed E-state index contributed by atoms with van der Waals surface area (Å²) >= 11 is 12.9. The number of hydrogen-bond acceptors (Lipinski definition) is 6. The van der Waals surface area contributed by atoms with Crippen molar-refractivity contribution in [2.24, 2.45) is 0 Å². The number of amides is 2. The Kier molecular flexibility index (Phi) is 11.3. The number of para-hydroxylation sites is 2. The first kappa shape index (κ1) is 32.0. The highest BCUT2D eigenvalue weighted by Crippen LogP contribution is 2.33. The SMILES string of the molecule is CCNC(=O)[C@@H](CC)N(Cc1c(Cl)cccc1Cl)C(=O)CN(c1ccccc1OC)S(=O)(=O)c1ccc(OC)cc1. The number of methoxy groups -OCH3 is 2. The maximum Gasteiger partial charge on any atom is 0.264 e. The van der Waals surface area contributed by atoms with E-state index in [9.17, 15) is 18.0 Å². The lowest BCUT2D eigenvalue weighted by molar-refractivity contribution is -0.140. The number of sulfonamides is 1. The molecule has 0 saturated heterocycles. The zero-order valence-corrected chi connectivity index (χ0v) is 25.6. The van der Waals surface area contributed by atoms with Crippen molar-refractivity contribution in [3.63, 3.8) is 0 Å². The van der Waals surface area contributed by atoms with Gasteiger partial charge < -0.3 is 19.7 Å². The highest BCUT2D eigenvalue weighted by atomic mass is 35.5. The normalized spacial score (nSPS) is 11.9. The number of halogens is 2. The molecule has 0 aliphatic carbocycles. The predicted octanol–water partition coefficient (Wildman–Crippen LogP) is 5.15. The molecule has 9 nitrogen and oxygen atoms in total. The topological polar surface area (TPSA) is 105 Å². The maximum absolute atomic E-state index is 14.1. The molecular formula is C29H33Cl2N3O6S. The van der Waals surface area contributed by atoms with E-state index in [1.54, 1.807) is 56.3 Å². The first-order chi connectivity index (χ1) is 19.6. The van der Waals surface area contributed by atoms with Gasteiger partial charge in [-0.2, -0.15) is 0 Å². The second-order valence-electron chi connectivity index (χ2n) is 8.90. The van der Waals surface area contributed by atoms with Crippen LogP contribution in [-0.2, 0) is 26.2 Å². The van der Waals surface area contributed by atoms with Crippen LogP contribution in [0.1, 0.15) is 25.8 Å². The Morgan fingerprint density at radius 3 is 2.10 bits per heavy atom. The van der Waals surface area contributed by atoms with Crippen molar-refractivity contribution in [3.05, 3.63) is 82.3 Å². The minimum absolute atomic E-state index is 0.0616. The first-order valence-corrected chi connectivity index (χ1v) is 15.1. The number of rotatable bonds is 13. The lowest BCUT2D eigenvalue weighted by Gasteiger charge is -2.33. The van der Waals surface area contributed by atoms with Crippen LogP contribution in [0.25, 0.3) is 0 Å².